The molecule has 0 radical (unpaired) electrons. The number of aryl methyl sites for hydroxylation is 2. The van der Waals surface area contributed by atoms with E-state index in [1.54, 1.807) is 37.3 Å². The zero-order valence-corrected chi connectivity index (χ0v) is 17.7. The maximum Gasteiger partial charge on any atom is 0.338 e. The Hall–Kier alpha value is -4.27. The van der Waals surface area contributed by atoms with E-state index in [1.165, 1.54) is 6.92 Å². The van der Waals surface area contributed by atoms with E-state index in [0.717, 1.165) is 11.1 Å². The Morgan fingerprint density at radius 2 is 1.53 bits per heavy atom. The van der Waals surface area contributed by atoms with Gasteiger partial charge >= 0.3 is 5.97 Å². The third-order valence-electron chi connectivity index (χ3n) is 4.62. The van der Waals surface area contributed by atoms with Crippen molar-refractivity contribution in [1.29, 1.82) is 0 Å². The first-order valence-corrected chi connectivity index (χ1v) is 9.85. The largest absolute Gasteiger partial charge is 0.449 e. The first-order valence-electron chi connectivity index (χ1n) is 9.85. The zero-order valence-electron chi connectivity index (χ0n) is 17.7. The molecule has 32 heavy (non-hydrogen) atoms. The highest BCUT2D eigenvalue weighted by atomic mass is 16.5. The molecule has 4 rings (SSSR count). The summed E-state index contributed by atoms with van der Waals surface area (Å²) in [5.74, 6) is -0.246. The van der Waals surface area contributed by atoms with Gasteiger partial charge in [-0.3, -0.25) is 10.1 Å². The number of anilines is 1. The molecule has 0 aliphatic heterocycles. The summed E-state index contributed by atoms with van der Waals surface area (Å²) >= 11 is 0. The number of carbonyl (C=O) groups is 2. The number of hydrogen-bond acceptors (Lipinski definition) is 8. The van der Waals surface area contributed by atoms with Gasteiger partial charge in [0.25, 0.3) is 5.91 Å². The SMILES string of the molecule is Cc1ccc(-c2nnc(-c3ccc(C(=O)OC(C)C(=O)Nc4cc(C)no4)cc3)o2)cc1. The van der Waals surface area contributed by atoms with E-state index in [9.17, 15) is 9.59 Å². The summed E-state index contributed by atoms with van der Waals surface area (Å²) in [6, 6.07) is 15.8. The summed E-state index contributed by atoms with van der Waals surface area (Å²) in [5, 5.41) is 14.3. The van der Waals surface area contributed by atoms with Gasteiger partial charge in [0, 0.05) is 17.2 Å². The van der Waals surface area contributed by atoms with Crippen LogP contribution in [0.3, 0.4) is 0 Å². The number of hydrogen-bond donors (Lipinski definition) is 1. The maximum atomic E-state index is 12.4. The van der Waals surface area contributed by atoms with E-state index in [0.29, 0.717) is 23.0 Å². The fraction of sp³-hybridized carbons (Fsp3) is 0.174. The van der Waals surface area contributed by atoms with E-state index in [-0.39, 0.29) is 11.4 Å². The van der Waals surface area contributed by atoms with Crippen molar-refractivity contribution in [3.63, 3.8) is 0 Å². The number of rotatable bonds is 6. The Bertz CT molecular complexity index is 1240. The van der Waals surface area contributed by atoms with E-state index < -0.39 is 18.0 Å². The Morgan fingerprint density at radius 3 is 2.09 bits per heavy atom. The molecule has 0 fully saturated rings. The predicted molar refractivity (Wildman–Crippen MR) is 115 cm³/mol. The van der Waals surface area contributed by atoms with Crippen LogP contribution < -0.4 is 5.32 Å². The molecule has 1 atom stereocenters. The van der Waals surface area contributed by atoms with Crippen LogP contribution in [0.25, 0.3) is 22.9 Å². The lowest BCUT2D eigenvalue weighted by Gasteiger charge is -2.12. The summed E-state index contributed by atoms with van der Waals surface area (Å²) in [6.07, 6.45) is -1.03. The minimum absolute atomic E-state index is 0.185. The molecule has 0 bridgehead atoms. The topological polar surface area (TPSA) is 120 Å². The quantitative estimate of drug-likeness (QED) is 0.450. The van der Waals surface area contributed by atoms with Crippen LogP contribution in [-0.2, 0) is 9.53 Å². The molecule has 0 spiro atoms. The van der Waals surface area contributed by atoms with Crippen molar-refractivity contribution in [1.82, 2.24) is 15.4 Å². The molecule has 1 unspecified atom stereocenters. The van der Waals surface area contributed by atoms with Crippen molar-refractivity contribution < 1.29 is 23.3 Å². The van der Waals surface area contributed by atoms with Crippen LogP contribution >= 0.6 is 0 Å². The minimum atomic E-state index is -1.03. The molecule has 1 amide bonds. The lowest BCUT2D eigenvalue weighted by Crippen LogP contribution is -2.29. The molecule has 9 nitrogen and oxygen atoms in total. The van der Waals surface area contributed by atoms with Crippen LogP contribution in [0.4, 0.5) is 5.88 Å². The van der Waals surface area contributed by atoms with Crippen molar-refractivity contribution in [3.05, 3.63) is 71.4 Å². The molecule has 2 aromatic carbocycles. The summed E-state index contributed by atoms with van der Waals surface area (Å²) in [4.78, 5) is 24.6. The highest BCUT2D eigenvalue weighted by Crippen LogP contribution is 2.24. The lowest BCUT2D eigenvalue weighted by atomic mass is 10.1. The Balaban J connectivity index is 1.39. The zero-order chi connectivity index (χ0) is 22.7. The standard InChI is InChI=1S/C23H20N4O5/c1-13-4-6-16(7-5-13)21-25-26-22(31-21)17-8-10-18(11-9-17)23(29)30-15(3)20(28)24-19-12-14(2)27-32-19/h4-12,15H,1-3H3,(H,24,28). The number of amides is 1. The maximum absolute atomic E-state index is 12.4. The number of aromatic nitrogens is 3. The Morgan fingerprint density at radius 1 is 0.938 bits per heavy atom. The van der Waals surface area contributed by atoms with Crippen LogP contribution in [0.5, 0.6) is 0 Å². The third-order valence-corrected chi connectivity index (χ3v) is 4.62. The van der Waals surface area contributed by atoms with Crippen molar-refractivity contribution in [2.75, 3.05) is 5.32 Å². The van der Waals surface area contributed by atoms with Crippen LogP contribution in [0.1, 0.15) is 28.5 Å². The number of ether oxygens (including phenoxy) is 1. The van der Waals surface area contributed by atoms with Crippen LogP contribution in [0.15, 0.2) is 63.5 Å². The normalized spacial score (nSPS) is 11.7. The fourth-order valence-electron chi connectivity index (χ4n) is 2.83. The molecule has 2 aromatic heterocycles. The number of benzene rings is 2. The van der Waals surface area contributed by atoms with E-state index in [2.05, 4.69) is 20.7 Å². The van der Waals surface area contributed by atoms with Gasteiger partial charge in [-0.1, -0.05) is 22.9 Å². The number of carbonyl (C=O) groups excluding carboxylic acids is 2. The van der Waals surface area contributed by atoms with Crippen LogP contribution in [-0.4, -0.2) is 33.3 Å². The first kappa shape index (κ1) is 21.0. The second-order valence-electron chi connectivity index (χ2n) is 7.23. The molecule has 9 heteroatoms. The monoisotopic (exact) mass is 432 g/mol. The average molecular weight is 432 g/mol. The van der Waals surface area contributed by atoms with Gasteiger partial charge in [0.05, 0.1) is 11.3 Å². The second kappa shape index (κ2) is 8.84. The third kappa shape index (κ3) is 4.72. The molecular weight excluding hydrogens is 412 g/mol. The Kier molecular flexibility index (Phi) is 5.80. The summed E-state index contributed by atoms with van der Waals surface area (Å²) in [5.41, 5.74) is 3.51. The molecular formula is C23H20N4O5. The molecule has 2 heterocycles. The summed E-state index contributed by atoms with van der Waals surface area (Å²) in [7, 11) is 0. The van der Waals surface area contributed by atoms with Gasteiger partial charge in [-0.15, -0.1) is 10.2 Å². The second-order valence-corrected chi connectivity index (χ2v) is 7.23. The van der Waals surface area contributed by atoms with Crippen molar-refractivity contribution >= 4 is 17.8 Å². The molecule has 1 N–H and O–H groups in total. The van der Waals surface area contributed by atoms with Crippen LogP contribution in [0, 0.1) is 13.8 Å². The van der Waals surface area contributed by atoms with Crippen molar-refractivity contribution in [3.8, 4) is 22.9 Å². The number of esters is 1. The minimum Gasteiger partial charge on any atom is -0.449 e. The smallest absolute Gasteiger partial charge is 0.338 e. The highest BCUT2D eigenvalue weighted by Gasteiger charge is 2.20. The number of nitrogens with one attached hydrogen (secondary N) is 1. The summed E-state index contributed by atoms with van der Waals surface area (Å²) < 4.78 is 15.9. The number of nitrogens with zero attached hydrogens (tertiary/aromatic N) is 3. The van der Waals surface area contributed by atoms with Gasteiger partial charge in [0.15, 0.2) is 6.10 Å². The molecule has 162 valence electrons. The molecule has 0 aliphatic rings. The van der Waals surface area contributed by atoms with Crippen molar-refractivity contribution in [2.24, 2.45) is 0 Å². The fourth-order valence-corrected chi connectivity index (χ4v) is 2.83. The van der Waals surface area contributed by atoms with Gasteiger partial charge in [0.2, 0.25) is 17.7 Å². The van der Waals surface area contributed by atoms with Gasteiger partial charge < -0.3 is 13.7 Å². The molecule has 0 aliphatic carbocycles. The van der Waals surface area contributed by atoms with Gasteiger partial charge in [0.1, 0.15) is 0 Å². The van der Waals surface area contributed by atoms with E-state index in [4.69, 9.17) is 13.7 Å². The van der Waals surface area contributed by atoms with E-state index >= 15 is 0 Å². The van der Waals surface area contributed by atoms with Gasteiger partial charge in [-0.2, -0.15) is 0 Å². The highest BCUT2D eigenvalue weighted by molar-refractivity contribution is 5.96. The first-order chi connectivity index (χ1) is 15.4. The Labute approximate surface area is 183 Å². The van der Waals surface area contributed by atoms with E-state index in [1.807, 2.05) is 31.2 Å². The predicted octanol–water partition coefficient (Wildman–Crippen LogP) is 4.19. The molecule has 4 aromatic rings. The van der Waals surface area contributed by atoms with Crippen LogP contribution in [0.2, 0.25) is 0 Å². The van der Waals surface area contributed by atoms with Gasteiger partial charge in [-0.25, -0.2) is 4.79 Å². The molecule has 0 saturated heterocycles. The molecule has 0 saturated carbocycles. The lowest BCUT2D eigenvalue weighted by molar-refractivity contribution is -0.123. The van der Waals surface area contributed by atoms with Crippen molar-refractivity contribution in [2.45, 2.75) is 26.9 Å². The van der Waals surface area contributed by atoms with Gasteiger partial charge in [-0.05, 0) is 57.2 Å². The average Bonchev–Trinajstić information content (AvgIpc) is 3.43. The summed E-state index contributed by atoms with van der Waals surface area (Å²) in [6.45, 7) is 5.19.